The van der Waals surface area contributed by atoms with E-state index in [0.29, 0.717) is 5.75 Å². The molecule has 0 aliphatic heterocycles. The van der Waals surface area contributed by atoms with Gasteiger partial charge in [-0.05, 0) is 62.1 Å². The van der Waals surface area contributed by atoms with Crippen LogP contribution in [0.3, 0.4) is 0 Å². The molecule has 31 heavy (non-hydrogen) atoms. The van der Waals surface area contributed by atoms with Gasteiger partial charge >= 0.3 is 0 Å². The largest absolute Gasteiger partial charge is 0.494 e. The van der Waals surface area contributed by atoms with Gasteiger partial charge in [0, 0.05) is 0 Å². The molecule has 0 aliphatic carbocycles. The molecule has 0 atom stereocenters. The standard InChI is InChI=1S/C25H24N2O4/c1-15-5-7-19(8-6-15)13-27-24(29)21(12-26)18(4)23(25(27)30)22(28)14-31-20-10-16(2)9-17(3)11-20/h5-11,30H,13-14H2,1-4H3. The van der Waals surface area contributed by atoms with Crippen LogP contribution in [0.4, 0.5) is 0 Å². The number of ketones is 1. The number of nitrogens with zero attached hydrogens (tertiary/aromatic N) is 2. The molecule has 0 amide bonds. The van der Waals surface area contributed by atoms with Crippen molar-refractivity contribution in [3.8, 4) is 17.7 Å². The maximum absolute atomic E-state index is 12.9. The predicted molar refractivity (Wildman–Crippen MR) is 118 cm³/mol. The number of Topliss-reactive ketones (excluding diaryl/α,β-unsaturated/α-hetero) is 1. The normalized spacial score (nSPS) is 10.5. The van der Waals surface area contributed by atoms with Crippen LogP contribution in [0.1, 0.15) is 43.7 Å². The van der Waals surface area contributed by atoms with Crippen LogP contribution in [0.15, 0.2) is 47.3 Å². The number of nitriles is 1. The Morgan fingerprint density at radius 3 is 2.23 bits per heavy atom. The number of aryl methyl sites for hydroxylation is 3. The molecule has 3 aromatic rings. The first-order valence-electron chi connectivity index (χ1n) is 9.87. The van der Waals surface area contributed by atoms with Gasteiger partial charge < -0.3 is 9.84 Å². The summed E-state index contributed by atoms with van der Waals surface area (Å²) in [5, 5.41) is 20.3. The lowest BCUT2D eigenvalue weighted by molar-refractivity contribution is 0.0916. The smallest absolute Gasteiger partial charge is 0.271 e. The molecule has 1 N–H and O–H groups in total. The van der Waals surface area contributed by atoms with Gasteiger partial charge in [-0.25, -0.2) is 0 Å². The Bertz CT molecular complexity index is 1230. The molecule has 0 bridgehead atoms. The van der Waals surface area contributed by atoms with Gasteiger partial charge in [0.05, 0.1) is 12.1 Å². The fourth-order valence-corrected chi connectivity index (χ4v) is 3.54. The monoisotopic (exact) mass is 416 g/mol. The van der Waals surface area contributed by atoms with E-state index >= 15 is 0 Å². The van der Waals surface area contributed by atoms with Gasteiger partial charge in [0.2, 0.25) is 11.7 Å². The van der Waals surface area contributed by atoms with Crippen molar-refractivity contribution in [3.63, 3.8) is 0 Å². The Labute approximate surface area is 181 Å². The third-order valence-electron chi connectivity index (χ3n) is 5.11. The zero-order valence-electron chi connectivity index (χ0n) is 18.0. The van der Waals surface area contributed by atoms with Crippen molar-refractivity contribution in [2.75, 3.05) is 6.61 Å². The number of benzene rings is 2. The van der Waals surface area contributed by atoms with Crippen LogP contribution in [0.25, 0.3) is 0 Å². The fourth-order valence-electron chi connectivity index (χ4n) is 3.54. The van der Waals surface area contributed by atoms with Crippen LogP contribution >= 0.6 is 0 Å². The van der Waals surface area contributed by atoms with E-state index in [4.69, 9.17) is 4.74 Å². The van der Waals surface area contributed by atoms with E-state index in [0.717, 1.165) is 26.8 Å². The van der Waals surface area contributed by atoms with E-state index in [1.54, 1.807) is 0 Å². The van der Waals surface area contributed by atoms with Crippen LogP contribution in [-0.2, 0) is 6.54 Å². The molecule has 0 saturated heterocycles. The molecule has 0 fully saturated rings. The van der Waals surface area contributed by atoms with Gasteiger partial charge in [0.1, 0.15) is 17.4 Å². The van der Waals surface area contributed by atoms with E-state index in [9.17, 15) is 20.0 Å². The van der Waals surface area contributed by atoms with Gasteiger partial charge in [-0.1, -0.05) is 35.9 Å². The summed E-state index contributed by atoms with van der Waals surface area (Å²) in [6, 6.07) is 14.9. The number of carbonyl (C=O) groups excluding carboxylic acids is 1. The molecule has 158 valence electrons. The number of ether oxygens (including phenoxy) is 1. The second-order valence-corrected chi connectivity index (χ2v) is 7.72. The average Bonchev–Trinajstić information content (AvgIpc) is 2.71. The molecule has 0 saturated carbocycles. The first kappa shape index (κ1) is 21.8. The molecule has 6 heteroatoms. The lowest BCUT2D eigenvalue weighted by Crippen LogP contribution is -2.28. The molecule has 0 aliphatic rings. The number of aromatic nitrogens is 1. The third kappa shape index (κ3) is 4.67. The van der Waals surface area contributed by atoms with Crippen molar-refractivity contribution >= 4 is 5.78 Å². The Hall–Kier alpha value is -3.85. The summed E-state index contributed by atoms with van der Waals surface area (Å²) < 4.78 is 6.69. The Kier molecular flexibility index (Phi) is 6.26. The number of rotatable bonds is 6. The maximum atomic E-state index is 12.9. The first-order chi connectivity index (χ1) is 14.7. The van der Waals surface area contributed by atoms with Crippen LogP contribution in [0.2, 0.25) is 0 Å². The molecule has 2 aromatic carbocycles. The highest BCUT2D eigenvalue weighted by Crippen LogP contribution is 2.24. The summed E-state index contributed by atoms with van der Waals surface area (Å²) in [6.45, 7) is 7.00. The van der Waals surface area contributed by atoms with Crippen LogP contribution in [0, 0.1) is 39.0 Å². The van der Waals surface area contributed by atoms with Gasteiger partial charge in [-0.3, -0.25) is 14.2 Å². The Morgan fingerprint density at radius 2 is 1.65 bits per heavy atom. The molecule has 0 spiro atoms. The molecule has 1 aromatic heterocycles. The minimum absolute atomic E-state index is 0.0398. The summed E-state index contributed by atoms with van der Waals surface area (Å²) in [5.41, 5.74) is 3.10. The number of carbonyl (C=O) groups is 1. The first-order valence-corrected chi connectivity index (χ1v) is 9.87. The van der Waals surface area contributed by atoms with E-state index in [-0.39, 0.29) is 29.8 Å². The zero-order valence-corrected chi connectivity index (χ0v) is 18.0. The second kappa shape index (κ2) is 8.88. The minimum Gasteiger partial charge on any atom is -0.494 e. The van der Waals surface area contributed by atoms with Gasteiger partial charge in [-0.2, -0.15) is 5.26 Å². The summed E-state index contributed by atoms with van der Waals surface area (Å²) in [6.07, 6.45) is 0. The molecule has 6 nitrogen and oxygen atoms in total. The average molecular weight is 416 g/mol. The molecule has 0 unspecified atom stereocenters. The maximum Gasteiger partial charge on any atom is 0.271 e. The quantitative estimate of drug-likeness (QED) is 0.614. The number of hydrogen-bond donors (Lipinski definition) is 1. The van der Waals surface area contributed by atoms with Crippen molar-refractivity contribution in [1.82, 2.24) is 4.57 Å². The molecular weight excluding hydrogens is 392 g/mol. The predicted octanol–water partition coefficient (Wildman–Crippen LogP) is 3.97. The summed E-state index contributed by atoms with van der Waals surface area (Å²) >= 11 is 0. The highest BCUT2D eigenvalue weighted by atomic mass is 16.5. The fraction of sp³-hybridized carbons (Fsp3) is 0.240. The highest BCUT2D eigenvalue weighted by Gasteiger charge is 2.24. The minimum atomic E-state index is -0.634. The van der Waals surface area contributed by atoms with Gasteiger partial charge in [0.25, 0.3) is 5.56 Å². The highest BCUT2D eigenvalue weighted by molar-refractivity contribution is 6.01. The number of pyridine rings is 1. The second-order valence-electron chi connectivity index (χ2n) is 7.72. The van der Waals surface area contributed by atoms with E-state index in [2.05, 4.69) is 0 Å². The Balaban J connectivity index is 1.98. The summed E-state index contributed by atoms with van der Waals surface area (Å²) in [5.74, 6) is -0.434. The van der Waals surface area contributed by atoms with E-state index in [1.807, 2.05) is 69.3 Å². The lowest BCUT2D eigenvalue weighted by atomic mass is 10.0. The topological polar surface area (TPSA) is 92.3 Å². The van der Waals surface area contributed by atoms with Crippen molar-refractivity contribution in [3.05, 3.63) is 91.8 Å². The molecular formula is C25H24N2O4. The molecule has 3 rings (SSSR count). The van der Waals surface area contributed by atoms with Crippen molar-refractivity contribution in [1.29, 1.82) is 5.26 Å². The zero-order chi connectivity index (χ0) is 22.7. The van der Waals surface area contributed by atoms with Gasteiger partial charge in [-0.15, -0.1) is 0 Å². The van der Waals surface area contributed by atoms with Crippen LogP contribution in [-0.4, -0.2) is 22.1 Å². The summed E-state index contributed by atoms with van der Waals surface area (Å²) in [7, 11) is 0. The summed E-state index contributed by atoms with van der Waals surface area (Å²) in [4.78, 5) is 25.7. The van der Waals surface area contributed by atoms with Gasteiger partial charge in [0.15, 0.2) is 6.61 Å². The van der Waals surface area contributed by atoms with E-state index in [1.165, 1.54) is 6.92 Å². The van der Waals surface area contributed by atoms with E-state index < -0.39 is 17.2 Å². The lowest BCUT2D eigenvalue weighted by Gasteiger charge is -2.16. The van der Waals surface area contributed by atoms with Crippen LogP contribution in [0.5, 0.6) is 11.6 Å². The van der Waals surface area contributed by atoms with Crippen LogP contribution < -0.4 is 10.3 Å². The molecule has 0 radical (unpaired) electrons. The van der Waals surface area contributed by atoms with Crippen molar-refractivity contribution in [2.24, 2.45) is 0 Å². The Morgan fingerprint density at radius 1 is 1.03 bits per heavy atom. The third-order valence-corrected chi connectivity index (χ3v) is 5.11. The number of hydrogen-bond acceptors (Lipinski definition) is 5. The number of aromatic hydroxyl groups is 1. The molecule has 1 heterocycles. The van der Waals surface area contributed by atoms with Crippen molar-refractivity contribution in [2.45, 2.75) is 34.2 Å². The SMILES string of the molecule is Cc1ccc(Cn2c(O)c(C(=O)COc3cc(C)cc(C)c3)c(C)c(C#N)c2=O)cc1. The van der Waals surface area contributed by atoms with Crippen molar-refractivity contribution < 1.29 is 14.6 Å².